The van der Waals surface area contributed by atoms with Gasteiger partial charge in [0.15, 0.2) is 0 Å². The summed E-state index contributed by atoms with van der Waals surface area (Å²) in [4.78, 5) is 20.7. The van der Waals surface area contributed by atoms with Gasteiger partial charge in [0.05, 0.1) is 30.7 Å². The quantitative estimate of drug-likeness (QED) is 0.868. The smallest absolute Gasteiger partial charge is 0.255 e. The molecule has 1 amide bonds. The number of hydrogen-bond acceptors (Lipinski definition) is 4. The van der Waals surface area contributed by atoms with Crippen molar-refractivity contribution in [3.8, 4) is 0 Å². The van der Waals surface area contributed by atoms with Crippen molar-refractivity contribution in [1.29, 1.82) is 0 Å². The Balaban J connectivity index is 1.72. The molecule has 0 bridgehead atoms. The Kier molecular flexibility index (Phi) is 4.88. The molecule has 5 nitrogen and oxygen atoms in total. The Bertz CT molecular complexity index is 654. The van der Waals surface area contributed by atoms with Crippen LogP contribution in [0.2, 0.25) is 0 Å². The largest absolute Gasteiger partial charge is 0.378 e. The number of pyridine rings is 1. The van der Waals surface area contributed by atoms with Crippen LogP contribution in [-0.2, 0) is 11.3 Å². The topological polar surface area (TPSA) is 45.7 Å². The Labute approximate surface area is 136 Å². The molecule has 2 aromatic rings. The minimum Gasteiger partial charge on any atom is -0.378 e. The molecule has 5 heteroatoms. The zero-order valence-corrected chi connectivity index (χ0v) is 13.3. The van der Waals surface area contributed by atoms with Crippen molar-refractivity contribution in [2.75, 3.05) is 38.3 Å². The van der Waals surface area contributed by atoms with Gasteiger partial charge in [-0.25, -0.2) is 0 Å². The number of anilines is 1. The van der Waals surface area contributed by atoms with E-state index in [1.807, 2.05) is 36.2 Å². The van der Waals surface area contributed by atoms with Crippen molar-refractivity contribution in [3.05, 3.63) is 59.9 Å². The van der Waals surface area contributed by atoms with Crippen LogP contribution in [0.1, 0.15) is 15.9 Å². The average Bonchev–Trinajstić information content (AvgIpc) is 2.63. The van der Waals surface area contributed by atoms with Crippen LogP contribution in [0.3, 0.4) is 0 Å². The predicted molar refractivity (Wildman–Crippen MR) is 89.5 cm³/mol. The number of nitrogens with zero attached hydrogens (tertiary/aromatic N) is 3. The van der Waals surface area contributed by atoms with Crippen molar-refractivity contribution in [2.45, 2.75) is 6.54 Å². The summed E-state index contributed by atoms with van der Waals surface area (Å²) < 4.78 is 5.30. The van der Waals surface area contributed by atoms with Crippen LogP contribution in [0.25, 0.3) is 0 Å². The molecular weight excluding hydrogens is 290 g/mol. The molecule has 1 fully saturated rings. The minimum absolute atomic E-state index is 0.0239. The van der Waals surface area contributed by atoms with Gasteiger partial charge >= 0.3 is 0 Å². The summed E-state index contributed by atoms with van der Waals surface area (Å²) in [6.07, 6.45) is 3.43. The van der Waals surface area contributed by atoms with Crippen LogP contribution in [0.15, 0.2) is 48.8 Å². The Morgan fingerprint density at radius 1 is 1.22 bits per heavy atom. The van der Waals surface area contributed by atoms with E-state index in [4.69, 9.17) is 4.74 Å². The highest BCUT2D eigenvalue weighted by atomic mass is 16.5. The van der Waals surface area contributed by atoms with E-state index in [0.29, 0.717) is 31.9 Å². The van der Waals surface area contributed by atoms with E-state index in [-0.39, 0.29) is 5.91 Å². The molecule has 0 saturated carbocycles. The third-order valence-electron chi connectivity index (χ3n) is 3.97. The van der Waals surface area contributed by atoms with Gasteiger partial charge in [0.25, 0.3) is 5.91 Å². The van der Waals surface area contributed by atoms with Crippen molar-refractivity contribution in [2.24, 2.45) is 0 Å². The lowest BCUT2D eigenvalue weighted by atomic mass is 10.2. The maximum atomic E-state index is 12.5. The standard InChI is InChI=1S/C18H21N3O2/c1-20(14-15-5-3-2-4-6-15)17-11-16(12-19-13-17)18(22)21-7-9-23-10-8-21/h2-6,11-13H,7-10,14H2,1H3. The van der Waals surface area contributed by atoms with E-state index in [9.17, 15) is 4.79 Å². The molecule has 1 saturated heterocycles. The molecule has 1 aliphatic rings. The molecule has 120 valence electrons. The van der Waals surface area contributed by atoms with Gasteiger partial charge < -0.3 is 14.5 Å². The first-order valence-electron chi connectivity index (χ1n) is 7.81. The lowest BCUT2D eigenvalue weighted by Crippen LogP contribution is -2.40. The zero-order chi connectivity index (χ0) is 16.1. The highest BCUT2D eigenvalue weighted by Crippen LogP contribution is 2.17. The monoisotopic (exact) mass is 311 g/mol. The van der Waals surface area contributed by atoms with Crippen LogP contribution in [0, 0.1) is 0 Å². The summed E-state index contributed by atoms with van der Waals surface area (Å²) in [5, 5.41) is 0. The van der Waals surface area contributed by atoms with Crippen LogP contribution in [-0.4, -0.2) is 49.1 Å². The summed E-state index contributed by atoms with van der Waals surface area (Å²) in [7, 11) is 2.01. The van der Waals surface area contributed by atoms with E-state index in [1.165, 1.54) is 5.56 Å². The van der Waals surface area contributed by atoms with Gasteiger partial charge in [0.2, 0.25) is 0 Å². The van der Waals surface area contributed by atoms with E-state index in [2.05, 4.69) is 22.0 Å². The second-order valence-corrected chi connectivity index (χ2v) is 5.68. The van der Waals surface area contributed by atoms with Crippen LogP contribution >= 0.6 is 0 Å². The molecule has 0 unspecified atom stereocenters. The Hall–Kier alpha value is -2.40. The number of carbonyl (C=O) groups excluding carboxylic acids is 1. The molecule has 23 heavy (non-hydrogen) atoms. The molecule has 0 spiro atoms. The number of morpholine rings is 1. The van der Waals surface area contributed by atoms with Gasteiger partial charge in [-0.05, 0) is 11.6 Å². The van der Waals surface area contributed by atoms with Crippen molar-refractivity contribution >= 4 is 11.6 Å². The van der Waals surface area contributed by atoms with E-state index < -0.39 is 0 Å². The molecule has 2 heterocycles. The normalized spacial score (nSPS) is 14.6. The second-order valence-electron chi connectivity index (χ2n) is 5.68. The van der Waals surface area contributed by atoms with Gasteiger partial charge in [0.1, 0.15) is 0 Å². The third kappa shape index (κ3) is 3.87. The van der Waals surface area contributed by atoms with E-state index in [1.54, 1.807) is 12.4 Å². The highest BCUT2D eigenvalue weighted by Gasteiger charge is 2.19. The van der Waals surface area contributed by atoms with Gasteiger partial charge in [-0.2, -0.15) is 0 Å². The van der Waals surface area contributed by atoms with Crippen LogP contribution < -0.4 is 4.90 Å². The lowest BCUT2D eigenvalue weighted by molar-refractivity contribution is 0.0302. The van der Waals surface area contributed by atoms with Gasteiger partial charge in [0, 0.05) is 32.9 Å². The second kappa shape index (κ2) is 7.24. The zero-order valence-electron chi connectivity index (χ0n) is 13.3. The van der Waals surface area contributed by atoms with Gasteiger partial charge in [-0.3, -0.25) is 9.78 Å². The first-order chi connectivity index (χ1) is 11.2. The molecule has 0 N–H and O–H groups in total. The number of carbonyl (C=O) groups is 1. The summed E-state index contributed by atoms with van der Waals surface area (Å²) in [5.74, 6) is 0.0239. The summed E-state index contributed by atoms with van der Waals surface area (Å²) in [5.41, 5.74) is 2.79. The third-order valence-corrected chi connectivity index (χ3v) is 3.97. The maximum Gasteiger partial charge on any atom is 0.255 e. The molecule has 1 aliphatic heterocycles. The highest BCUT2D eigenvalue weighted by molar-refractivity contribution is 5.94. The minimum atomic E-state index is 0.0239. The Morgan fingerprint density at radius 3 is 2.70 bits per heavy atom. The molecule has 3 rings (SSSR count). The lowest BCUT2D eigenvalue weighted by Gasteiger charge is -2.27. The SMILES string of the molecule is CN(Cc1ccccc1)c1cncc(C(=O)N2CCOCC2)c1. The van der Waals surface area contributed by atoms with E-state index >= 15 is 0 Å². The molecular formula is C18H21N3O2. The number of aromatic nitrogens is 1. The van der Waals surface area contributed by atoms with Crippen LogP contribution in [0.5, 0.6) is 0 Å². The maximum absolute atomic E-state index is 12.5. The van der Waals surface area contributed by atoms with Gasteiger partial charge in [-0.15, -0.1) is 0 Å². The first-order valence-corrected chi connectivity index (χ1v) is 7.81. The molecule has 0 radical (unpaired) electrons. The summed E-state index contributed by atoms with van der Waals surface area (Å²) in [6.45, 7) is 3.27. The van der Waals surface area contributed by atoms with E-state index in [0.717, 1.165) is 12.2 Å². The van der Waals surface area contributed by atoms with Crippen molar-refractivity contribution in [3.63, 3.8) is 0 Å². The van der Waals surface area contributed by atoms with Crippen LogP contribution in [0.4, 0.5) is 5.69 Å². The number of ether oxygens (including phenoxy) is 1. The first kappa shape index (κ1) is 15.5. The molecule has 1 aromatic heterocycles. The fourth-order valence-electron chi connectivity index (χ4n) is 2.65. The number of amides is 1. The number of hydrogen-bond donors (Lipinski definition) is 0. The average molecular weight is 311 g/mol. The number of rotatable bonds is 4. The number of benzene rings is 1. The molecule has 1 aromatic carbocycles. The Morgan fingerprint density at radius 2 is 1.96 bits per heavy atom. The summed E-state index contributed by atoms with van der Waals surface area (Å²) >= 11 is 0. The molecule has 0 aliphatic carbocycles. The fourth-order valence-corrected chi connectivity index (χ4v) is 2.65. The van der Waals surface area contributed by atoms with Crippen molar-refractivity contribution < 1.29 is 9.53 Å². The van der Waals surface area contributed by atoms with Crippen molar-refractivity contribution in [1.82, 2.24) is 9.88 Å². The van der Waals surface area contributed by atoms with Gasteiger partial charge in [-0.1, -0.05) is 30.3 Å². The molecule has 0 atom stereocenters. The fraction of sp³-hybridized carbons (Fsp3) is 0.333. The summed E-state index contributed by atoms with van der Waals surface area (Å²) in [6, 6.07) is 12.2. The predicted octanol–water partition coefficient (Wildman–Crippen LogP) is 2.19.